The molecular formula is C19H21NO4. The fraction of sp³-hybridized carbons (Fsp3) is 0.211. The van der Waals surface area contributed by atoms with Crippen molar-refractivity contribution >= 4 is 17.7 Å². The summed E-state index contributed by atoms with van der Waals surface area (Å²) in [6, 6.07) is 12.8. The molecule has 1 amide bonds. The first-order valence-corrected chi connectivity index (χ1v) is 7.60. The topological polar surface area (TPSA) is 56.8 Å². The fourth-order valence-electron chi connectivity index (χ4n) is 2.16. The lowest BCUT2D eigenvalue weighted by molar-refractivity contribution is -0.111. The highest BCUT2D eigenvalue weighted by Crippen LogP contribution is 2.29. The number of para-hydroxylation sites is 1. The van der Waals surface area contributed by atoms with E-state index in [1.54, 1.807) is 38.5 Å². The van der Waals surface area contributed by atoms with Gasteiger partial charge in [0.15, 0.2) is 0 Å². The number of methoxy groups -OCH3 is 2. The van der Waals surface area contributed by atoms with Gasteiger partial charge in [-0.15, -0.1) is 0 Å². The maximum Gasteiger partial charge on any atom is 0.248 e. The van der Waals surface area contributed by atoms with Gasteiger partial charge in [0.1, 0.15) is 17.2 Å². The zero-order chi connectivity index (χ0) is 17.4. The number of anilines is 1. The Kier molecular flexibility index (Phi) is 6.25. The van der Waals surface area contributed by atoms with Gasteiger partial charge in [0.25, 0.3) is 0 Å². The zero-order valence-corrected chi connectivity index (χ0v) is 14.0. The van der Waals surface area contributed by atoms with Crippen LogP contribution < -0.4 is 19.5 Å². The van der Waals surface area contributed by atoms with E-state index in [9.17, 15) is 4.79 Å². The quantitative estimate of drug-likeness (QED) is 0.787. The Bertz CT molecular complexity index is 725. The van der Waals surface area contributed by atoms with Gasteiger partial charge < -0.3 is 19.5 Å². The highest BCUT2D eigenvalue weighted by atomic mass is 16.5. The van der Waals surface area contributed by atoms with E-state index < -0.39 is 0 Å². The number of carbonyl (C=O) groups excluding carboxylic acids is 1. The molecule has 0 saturated carbocycles. The molecule has 0 fully saturated rings. The average Bonchev–Trinajstić information content (AvgIpc) is 2.61. The van der Waals surface area contributed by atoms with Crippen molar-refractivity contribution in [1.82, 2.24) is 0 Å². The van der Waals surface area contributed by atoms with Crippen LogP contribution in [0.5, 0.6) is 17.2 Å². The Morgan fingerprint density at radius 2 is 1.88 bits per heavy atom. The minimum atomic E-state index is -0.271. The molecule has 0 bridgehead atoms. The summed E-state index contributed by atoms with van der Waals surface area (Å²) < 4.78 is 15.9. The predicted octanol–water partition coefficient (Wildman–Crippen LogP) is 3.75. The zero-order valence-electron chi connectivity index (χ0n) is 14.0. The van der Waals surface area contributed by atoms with Gasteiger partial charge >= 0.3 is 0 Å². The van der Waals surface area contributed by atoms with E-state index in [1.165, 1.54) is 6.08 Å². The van der Waals surface area contributed by atoms with E-state index >= 15 is 0 Å². The van der Waals surface area contributed by atoms with Gasteiger partial charge in [0, 0.05) is 17.7 Å². The number of benzene rings is 2. The van der Waals surface area contributed by atoms with Gasteiger partial charge in [0.2, 0.25) is 5.91 Å². The fourth-order valence-corrected chi connectivity index (χ4v) is 2.16. The van der Waals surface area contributed by atoms with Gasteiger partial charge in [-0.05, 0) is 31.2 Å². The van der Waals surface area contributed by atoms with Gasteiger partial charge in [-0.2, -0.15) is 0 Å². The highest BCUT2D eigenvalue weighted by molar-refractivity contribution is 6.03. The molecule has 0 saturated heterocycles. The lowest BCUT2D eigenvalue weighted by atomic mass is 10.2. The lowest BCUT2D eigenvalue weighted by Gasteiger charge is -2.10. The second-order valence-electron chi connectivity index (χ2n) is 4.86. The number of hydrogen-bond acceptors (Lipinski definition) is 4. The highest BCUT2D eigenvalue weighted by Gasteiger charge is 2.07. The molecule has 2 rings (SSSR count). The Morgan fingerprint density at radius 3 is 2.58 bits per heavy atom. The van der Waals surface area contributed by atoms with Crippen LogP contribution in [0.2, 0.25) is 0 Å². The van der Waals surface area contributed by atoms with Crippen molar-refractivity contribution in [2.75, 3.05) is 26.1 Å². The summed E-state index contributed by atoms with van der Waals surface area (Å²) in [4.78, 5) is 12.2. The van der Waals surface area contributed by atoms with Crippen molar-refractivity contribution in [1.29, 1.82) is 0 Å². The second kappa shape index (κ2) is 8.62. The van der Waals surface area contributed by atoms with Gasteiger partial charge in [-0.3, -0.25) is 4.79 Å². The summed E-state index contributed by atoms with van der Waals surface area (Å²) >= 11 is 0. The van der Waals surface area contributed by atoms with Crippen molar-refractivity contribution < 1.29 is 19.0 Å². The third kappa shape index (κ3) is 4.52. The van der Waals surface area contributed by atoms with E-state index in [1.807, 2.05) is 31.2 Å². The number of hydrogen-bond donors (Lipinski definition) is 1. The molecule has 0 aliphatic carbocycles. The molecule has 2 aromatic rings. The number of ether oxygens (including phenoxy) is 3. The molecule has 0 spiro atoms. The van der Waals surface area contributed by atoms with Crippen LogP contribution in [0.3, 0.4) is 0 Å². The summed E-state index contributed by atoms with van der Waals surface area (Å²) in [5.41, 5.74) is 1.39. The van der Waals surface area contributed by atoms with E-state index in [0.29, 0.717) is 23.8 Å². The summed E-state index contributed by atoms with van der Waals surface area (Å²) in [6.07, 6.45) is 3.17. The van der Waals surface area contributed by atoms with Gasteiger partial charge in [-0.25, -0.2) is 0 Å². The first-order valence-electron chi connectivity index (χ1n) is 7.60. The monoisotopic (exact) mass is 327 g/mol. The summed E-state index contributed by atoms with van der Waals surface area (Å²) in [5, 5.41) is 2.79. The molecule has 0 heterocycles. The van der Waals surface area contributed by atoms with Crippen LogP contribution in [0.1, 0.15) is 12.5 Å². The minimum Gasteiger partial charge on any atom is -0.497 e. The van der Waals surface area contributed by atoms with Gasteiger partial charge in [-0.1, -0.05) is 18.2 Å². The van der Waals surface area contributed by atoms with Crippen LogP contribution >= 0.6 is 0 Å². The number of amides is 1. The molecule has 0 aliphatic rings. The molecule has 0 atom stereocenters. The van der Waals surface area contributed by atoms with Crippen LogP contribution in [0.25, 0.3) is 6.08 Å². The van der Waals surface area contributed by atoms with Crippen LogP contribution in [0.4, 0.5) is 5.69 Å². The van der Waals surface area contributed by atoms with Gasteiger partial charge in [0.05, 0.1) is 26.5 Å². The summed E-state index contributed by atoms with van der Waals surface area (Å²) in [5.74, 6) is 1.67. The minimum absolute atomic E-state index is 0.271. The molecule has 0 aromatic heterocycles. The van der Waals surface area contributed by atoms with Crippen LogP contribution in [0, 0.1) is 0 Å². The molecule has 0 aliphatic heterocycles. The van der Waals surface area contributed by atoms with E-state index in [-0.39, 0.29) is 5.91 Å². The third-order valence-electron chi connectivity index (χ3n) is 3.30. The van der Waals surface area contributed by atoms with Crippen LogP contribution in [-0.4, -0.2) is 26.7 Å². The molecule has 1 N–H and O–H groups in total. The van der Waals surface area contributed by atoms with E-state index in [0.717, 1.165) is 11.3 Å². The Labute approximate surface area is 141 Å². The maximum atomic E-state index is 12.2. The number of carbonyl (C=O) groups is 1. The molecule has 2 aromatic carbocycles. The lowest BCUT2D eigenvalue weighted by Crippen LogP contribution is -2.09. The third-order valence-corrected chi connectivity index (χ3v) is 3.30. The van der Waals surface area contributed by atoms with Crippen molar-refractivity contribution in [3.05, 3.63) is 54.1 Å². The molecule has 0 unspecified atom stereocenters. The molecule has 24 heavy (non-hydrogen) atoms. The Hall–Kier alpha value is -2.95. The van der Waals surface area contributed by atoms with Crippen molar-refractivity contribution in [3.8, 4) is 17.2 Å². The first-order chi connectivity index (χ1) is 11.7. The number of rotatable bonds is 7. The van der Waals surface area contributed by atoms with Crippen LogP contribution in [-0.2, 0) is 4.79 Å². The Balaban J connectivity index is 2.14. The molecule has 5 nitrogen and oxygen atoms in total. The predicted molar refractivity (Wildman–Crippen MR) is 94.8 cm³/mol. The Morgan fingerprint density at radius 1 is 1.08 bits per heavy atom. The van der Waals surface area contributed by atoms with E-state index in [2.05, 4.69) is 5.32 Å². The van der Waals surface area contributed by atoms with Crippen molar-refractivity contribution in [3.63, 3.8) is 0 Å². The SMILES string of the molecule is CCOc1ccccc1/C=C/C(=O)Nc1cc(OC)ccc1OC. The van der Waals surface area contributed by atoms with Crippen molar-refractivity contribution in [2.24, 2.45) is 0 Å². The van der Waals surface area contributed by atoms with Crippen LogP contribution in [0.15, 0.2) is 48.5 Å². The average molecular weight is 327 g/mol. The summed E-state index contributed by atoms with van der Waals surface area (Å²) in [6.45, 7) is 2.49. The second-order valence-corrected chi connectivity index (χ2v) is 4.86. The molecular weight excluding hydrogens is 306 g/mol. The standard InChI is InChI=1S/C19H21NO4/c1-4-24-17-8-6-5-7-14(17)9-12-19(21)20-16-13-15(22-2)10-11-18(16)23-3/h5-13H,4H2,1-3H3,(H,20,21)/b12-9+. The van der Waals surface area contributed by atoms with E-state index in [4.69, 9.17) is 14.2 Å². The first kappa shape index (κ1) is 17.4. The number of nitrogens with one attached hydrogen (secondary N) is 1. The normalized spacial score (nSPS) is 10.5. The molecule has 5 heteroatoms. The smallest absolute Gasteiger partial charge is 0.248 e. The molecule has 126 valence electrons. The molecule has 0 radical (unpaired) electrons. The largest absolute Gasteiger partial charge is 0.497 e. The summed E-state index contributed by atoms with van der Waals surface area (Å²) in [7, 11) is 3.11. The van der Waals surface area contributed by atoms with Crippen molar-refractivity contribution in [2.45, 2.75) is 6.92 Å². The maximum absolute atomic E-state index is 12.2.